The summed E-state index contributed by atoms with van der Waals surface area (Å²) in [5.74, 6) is 1.49. The molecule has 0 spiro atoms. The Labute approximate surface area is 109 Å². The van der Waals surface area contributed by atoms with Crippen molar-refractivity contribution < 1.29 is 4.74 Å². The molecule has 0 saturated carbocycles. The van der Waals surface area contributed by atoms with Crippen molar-refractivity contribution in [2.45, 2.75) is 33.3 Å². The maximum atomic E-state index is 5.89. The van der Waals surface area contributed by atoms with E-state index >= 15 is 0 Å². The quantitative estimate of drug-likeness (QED) is 0.804. The first-order chi connectivity index (χ1) is 8.66. The molecule has 1 aromatic heterocycles. The zero-order valence-corrected chi connectivity index (χ0v) is 11.2. The van der Waals surface area contributed by atoms with Crippen molar-refractivity contribution in [2.24, 2.45) is 0 Å². The summed E-state index contributed by atoms with van der Waals surface area (Å²) in [6, 6.07) is 10.4. The summed E-state index contributed by atoms with van der Waals surface area (Å²) in [5, 5.41) is 0. The minimum Gasteiger partial charge on any atom is -0.489 e. The van der Waals surface area contributed by atoms with Gasteiger partial charge in [-0.25, -0.2) is 0 Å². The number of ether oxygens (including phenoxy) is 1. The van der Waals surface area contributed by atoms with Crippen molar-refractivity contribution >= 4 is 0 Å². The van der Waals surface area contributed by atoms with E-state index in [1.54, 1.807) is 12.4 Å². The molecule has 0 atom stereocenters. The van der Waals surface area contributed by atoms with Crippen LogP contribution in [0.4, 0.5) is 0 Å². The van der Waals surface area contributed by atoms with Gasteiger partial charge in [0.2, 0.25) is 0 Å². The highest BCUT2D eigenvalue weighted by Gasteiger charge is 2.05. The first kappa shape index (κ1) is 12.6. The van der Waals surface area contributed by atoms with Crippen LogP contribution in [0.5, 0.6) is 5.75 Å². The predicted octanol–water partition coefficient (Wildman–Crippen LogP) is 4.09. The molecule has 2 aromatic rings. The van der Waals surface area contributed by atoms with Gasteiger partial charge in [-0.2, -0.15) is 0 Å². The molecular weight excluding hydrogens is 222 g/mol. The summed E-state index contributed by atoms with van der Waals surface area (Å²) in [6.07, 6.45) is 3.58. The van der Waals surface area contributed by atoms with Gasteiger partial charge in [0, 0.05) is 12.4 Å². The lowest BCUT2D eigenvalue weighted by Gasteiger charge is -2.12. The molecule has 0 unspecified atom stereocenters. The van der Waals surface area contributed by atoms with Gasteiger partial charge in [-0.05, 0) is 47.7 Å². The molecular formula is C16H19NO. The Bertz CT molecular complexity index is 506. The molecule has 1 aromatic carbocycles. The molecule has 0 saturated heterocycles. The Kier molecular flexibility index (Phi) is 3.98. The Hall–Kier alpha value is -1.83. The summed E-state index contributed by atoms with van der Waals surface area (Å²) in [6.45, 7) is 7.05. The second kappa shape index (κ2) is 5.67. The van der Waals surface area contributed by atoms with Gasteiger partial charge < -0.3 is 4.74 Å². The van der Waals surface area contributed by atoms with Crippen LogP contribution in [-0.2, 0) is 6.61 Å². The molecule has 0 aliphatic heterocycles. The third-order valence-corrected chi connectivity index (χ3v) is 3.02. The number of rotatable bonds is 4. The van der Waals surface area contributed by atoms with Crippen molar-refractivity contribution in [3.63, 3.8) is 0 Å². The van der Waals surface area contributed by atoms with Crippen LogP contribution in [0.3, 0.4) is 0 Å². The van der Waals surface area contributed by atoms with Crippen molar-refractivity contribution in [3.8, 4) is 5.75 Å². The van der Waals surface area contributed by atoms with Gasteiger partial charge in [-0.15, -0.1) is 0 Å². The first-order valence-electron chi connectivity index (χ1n) is 6.29. The molecule has 2 rings (SSSR count). The maximum absolute atomic E-state index is 5.89. The zero-order chi connectivity index (χ0) is 13.0. The van der Waals surface area contributed by atoms with Crippen LogP contribution in [-0.4, -0.2) is 4.98 Å². The molecule has 1 heterocycles. The number of aryl methyl sites for hydroxylation is 1. The van der Waals surface area contributed by atoms with Crippen molar-refractivity contribution in [3.05, 3.63) is 59.4 Å². The Morgan fingerprint density at radius 3 is 2.50 bits per heavy atom. The fraction of sp³-hybridized carbons (Fsp3) is 0.312. The fourth-order valence-corrected chi connectivity index (χ4v) is 1.77. The van der Waals surface area contributed by atoms with E-state index in [1.165, 1.54) is 11.1 Å². The lowest BCUT2D eigenvalue weighted by molar-refractivity contribution is 0.303. The molecule has 2 nitrogen and oxygen atoms in total. The van der Waals surface area contributed by atoms with E-state index in [1.807, 2.05) is 12.1 Å². The highest BCUT2D eigenvalue weighted by Crippen LogP contribution is 2.24. The second-order valence-electron chi connectivity index (χ2n) is 4.82. The minimum atomic E-state index is 0.522. The van der Waals surface area contributed by atoms with Gasteiger partial charge in [0.15, 0.2) is 0 Å². The summed E-state index contributed by atoms with van der Waals surface area (Å²) >= 11 is 0. The highest BCUT2D eigenvalue weighted by atomic mass is 16.5. The van der Waals surface area contributed by atoms with Crippen LogP contribution in [0.25, 0.3) is 0 Å². The maximum Gasteiger partial charge on any atom is 0.122 e. The van der Waals surface area contributed by atoms with Crippen molar-refractivity contribution in [1.29, 1.82) is 0 Å². The summed E-state index contributed by atoms with van der Waals surface area (Å²) in [4.78, 5) is 4.00. The van der Waals surface area contributed by atoms with Crippen LogP contribution in [0, 0.1) is 6.92 Å². The van der Waals surface area contributed by atoms with Crippen LogP contribution in [0.2, 0.25) is 0 Å². The predicted molar refractivity (Wildman–Crippen MR) is 73.8 cm³/mol. The van der Waals surface area contributed by atoms with Crippen LogP contribution < -0.4 is 4.74 Å². The molecule has 0 fully saturated rings. The van der Waals surface area contributed by atoms with Crippen LogP contribution in [0.1, 0.15) is 36.5 Å². The van der Waals surface area contributed by atoms with E-state index in [2.05, 4.69) is 44.0 Å². The van der Waals surface area contributed by atoms with Gasteiger partial charge in [0.05, 0.1) is 0 Å². The largest absolute Gasteiger partial charge is 0.489 e. The summed E-state index contributed by atoms with van der Waals surface area (Å²) in [5.41, 5.74) is 3.62. The standard InChI is InChI=1S/C16H19NO/c1-12(2)15-5-4-13(3)16(10-15)18-11-14-6-8-17-9-7-14/h4-10,12H,11H2,1-3H3. The number of aromatic nitrogens is 1. The number of pyridine rings is 1. The molecule has 0 bridgehead atoms. The van der Waals surface area contributed by atoms with E-state index < -0.39 is 0 Å². The Balaban J connectivity index is 2.11. The SMILES string of the molecule is Cc1ccc(C(C)C)cc1OCc1ccncc1. The zero-order valence-electron chi connectivity index (χ0n) is 11.2. The number of hydrogen-bond acceptors (Lipinski definition) is 2. The number of benzene rings is 1. The molecule has 0 radical (unpaired) electrons. The number of hydrogen-bond donors (Lipinski definition) is 0. The average Bonchev–Trinajstić information content (AvgIpc) is 2.38. The van der Waals surface area contributed by atoms with Gasteiger partial charge in [-0.1, -0.05) is 26.0 Å². The van der Waals surface area contributed by atoms with E-state index in [9.17, 15) is 0 Å². The topological polar surface area (TPSA) is 22.1 Å². The molecule has 0 amide bonds. The lowest BCUT2D eigenvalue weighted by Crippen LogP contribution is -1.98. The van der Waals surface area contributed by atoms with Crippen molar-refractivity contribution in [1.82, 2.24) is 4.98 Å². The Morgan fingerprint density at radius 1 is 1.11 bits per heavy atom. The van der Waals surface area contributed by atoms with E-state index in [-0.39, 0.29) is 0 Å². The third kappa shape index (κ3) is 3.10. The van der Waals surface area contributed by atoms with Gasteiger partial charge >= 0.3 is 0 Å². The van der Waals surface area contributed by atoms with E-state index in [0.29, 0.717) is 12.5 Å². The van der Waals surface area contributed by atoms with Gasteiger partial charge in [0.25, 0.3) is 0 Å². The van der Waals surface area contributed by atoms with Gasteiger partial charge in [0.1, 0.15) is 12.4 Å². The molecule has 94 valence electrons. The van der Waals surface area contributed by atoms with Crippen LogP contribution in [0.15, 0.2) is 42.7 Å². The van der Waals surface area contributed by atoms with E-state index in [0.717, 1.165) is 11.3 Å². The Morgan fingerprint density at radius 2 is 1.83 bits per heavy atom. The second-order valence-corrected chi connectivity index (χ2v) is 4.82. The summed E-state index contributed by atoms with van der Waals surface area (Å²) < 4.78 is 5.89. The monoisotopic (exact) mass is 241 g/mol. The average molecular weight is 241 g/mol. The summed E-state index contributed by atoms with van der Waals surface area (Å²) in [7, 11) is 0. The van der Waals surface area contributed by atoms with Gasteiger partial charge in [-0.3, -0.25) is 4.98 Å². The third-order valence-electron chi connectivity index (χ3n) is 3.02. The first-order valence-corrected chi connectivity index (χ1v) is 6.29. The fourth-order valence-electron chi connectivity index (χ4n) is 1.77. The normalized spacial score (nSPS) is 10.7. The molecule has 2 heteroatoms. The lowest BCUT2D eigenvalue weighted by atomic mass is 10.0. The van der Waals surface area contributed by atoms with E-state index in [4.69, 9.17) is 4.74 Å². The van der Waals surface area contributed by atoms with Crippen LogP contribution >= 0.6 is 0 Å². The highest BCUT2D eigenvalue weighted by molar-refractivity contribution is 5.37. The van der Waals surface area contributed by atoms with Crippen molar-refractivity contribution in [2.75, 3.05) is 0 Å². The minimum absolute atomic E-state index is 0.522. The smallest absolute Gasteiger partial charge is 0.122 e. The molecule has 0 aliphatic carbocycles. The molecule has 0 aliphatic rings. The number of nitrogens with zero attached hydrogens (tertiary/aromatic N) is 1. The molecule has 0 N–H and O–H groups in total. The molecule has 18 heavy (non-hydrogen) atoms.